The molecule has 0 aliphatic heterocycles. The van der Waals surface area contributed by atoms with Crippen LogP contribution in [0.25, 0.3) is 0 Å². The van der Waals surface area contributed by atoms with E-state index < -0.39 is 14.9 Å². The summed E-state index contributed by atoms with van der Waals surface area (Å²) in [6.07, 6.45) is 1.57. The molecule has 0 saturated heterocycles. The molecule has 0 rings (SSSR count). The minimum atomic E-state index is -4.07. The maximum atomic E-state index is 10.7. The normalized spacial score (nSPS) is 17.4. The monoisotopic (exact) mass is 179 g/mol. The van der Waals surface area contributed by atoms with Crippen molar-refractivity contribution in [2.75, 3.05) is 6.54 Å². The molecule has 0 bridgehead atoms. The molecule has 1 unspecified atom stereocenters. The molecule has 11 heavy (non-hydrogen) atoms. The van der Waals surface area contributed by atoms with Crippen LogP contribution in [-0.4, -0.2) is 24.3 Å². The third-order valence-electron chi connectivity index (χ3n) is 1.63. The minimum absolute atomic E-state index is 0.113. The van der Waals surface area contributed by atoms with Gasteiger partial charge in [0.15, 0.2) is 0 Å². The van der Waals surface area contributed by atoms with Crippen LogP contribution in [-0.2, 0) is 10.1 Å². The van der Waals surface area contributed by atoms with Crippen molar-refractivity contribution in [1.29, 1.82) is 0 Å². The predicted molar refractivity (Wildman–Crippen MR) is 43.8 cm³/mol. The first-order valence-electron chi connectivity index (χ1n) is 3.15. The van der Waals surface area contributed by atoms with Crippen molar-refractivity contribution >= 4 is 10.1 Å². The summed E-state index contributed by atoms with van der Waals surface area (Å²) in [4.78, 5) is 0. The molecule has 66 valence electrons. The fourth-order valence-electron chi connectivity index (χ4n) is 0.599. The van der Waals surface area contributed by atoms with E-state index in [-0.39, 0.29) is 13.0 Å². The molecule has 0 fully saturated rings. The van der Waals surface area contributed by atoms with Crippen molar-refractivity contribution in [1.82, 2.24) is 0 Å². The highest BCUT2D eigenvalue weighted by Gasteiger charge is 2.34. The van der Waals surface area contributed by atoms with Crippen LogP contribution in [0.3, 0.4) is 0 Å². The molecule has 1 atom stereocenters. The van der Waals surface area contributed by atoms with Crippen molar-refractivity contribution in [2.45, 2.75) is 18.1 Å². The Hall–Kier alpha value is -0.390. The Morgan fingerprint density at radius 1 is 1.73 bits per heavy atom. The van der Waals surface area contributed by atoms with Gasteiger partial charge in [0.1, 0.15) is 4.75 Å². The number of allylic oxidation sites excluding steroid dienone is 1. The Bertz CT molecular complexity index is 234. The first kappa shape index (κ1) is 10.6. The van der Waals surface area contributed by atoms with E-state index in [1.165, 1.54) is 13.0 Å². The first-order valence-corrected chi connectivity index (χ1v) is 4.59. The summed E-state index contributed by atoms with van der Waals surface area (Å²) in [7, 11) is -4.07. The summed E-state index contributed by atoms with van der Waals surface area (Å²) in [5, 5.41) is 0. The zero-order valence-corrected chi connectivity index (χ0v) is 7.26. The molecule has 4 nitrogen and oxygen atoms in total. The van der Waals surface area contributed by atoms with Crippen molar-refractivity contribution in [3.05, 3.63) is 12.7 Å². The van der Waals surface area contributed by atoms with E-state index in [0.29, 0.717) is 0 Å². The predicted octanol–water partition coefficient (Wildman–Crippen LogP) is 0.168. The fourth-order valence-corrected chi connectivity index (χ4v) is 1.14. The first-order chi connectivity index (χ1) is 4.87. The number of nitrogens with two attached hydrogens (primary N) is 1. The van der Waals surface area contributed by atoms with Gasteiger partial charge in [-0.05, 0) is 13.3 Å². The standard InChI is InChI=1S/C6H13NO3S/c1-3-4-6(2,5-7)11(8,9)10/h3H,1,4-5,7H2,2H3,(H,8,9,10). The molecular weight excluding hydrogens is 166 g/mol. The van der Waals surface area contributed by atoms with Crippen LogP contribution in [0.1, 0.15) is 13.3 Å². The Kier molecular flexibility index (Phi) is 3.22. The molecule has 0 spiro atoms. The van der Waals surface area contributed by atoms with Crippen molar-refractivity contribution < 1.29 is 13.0 Å². The third-order valence-corrected chi connectivity index (χ3v) is 3.21. The van der Waals surface area contributed by atoms with E-state index in [0.717, 1.165) is 0 Å². The summed E-state index contributed by atoms with van der Waals surface area (Å²) < 4.78 is 28.8. The average Bonchev–Trinajstić information content (AvgIpc) is 1.86. The molecule has 0 amide bonds. The quantitative estimate of drug-likeness (QED) is 0.476. The number of hydrogen-bond acceptors (Lipinski definition) is 3. The summed E-state index contributed by atoms with van der Waals surface area (Å²) in [5.41, 5.74) is 5.19. The molecule has 3 N–H and O–H groups in total. The van der Waals surface area contributed by atoms with E-state index in [2.05, 4.69) is 6.58 Å². The zero-order chi connectivity index (χ0) is 9.12. The van der Waals surface area contributed by atoms with E-state index in [1.54, 1.807) is 0 Å². The lowest BCUT2D eigenvalue weighted by molar-refractivity contribution is 0.434. The van der Waals surface area contributed by atoms with Gasteiger partial charge in [-0.15, -0.1) is 6.58 Å². The highest BCUT2D eigenvalue weighted by molar-refractivity contribution is 7.87. The van der Waals surface area contributed by atoms with E-state index in [1.807, 2.05) is 0 Å². The van der Waals surface area contributed by atoms with Gasteiger partial charge in [0.25, 0.3) is 10.1 Å². The summed E-state index contributed by atoms with van der Waals surface area (Å²) in [6.45, 7) is 4.64. The van der Waals surface area contributed by atoms with Crippen LogP contribution in [0, 0.1) is 0 Å². The van der Waals surface area contributed by atoms with Crippen molar-refractivity contribution in [3.63, 3.8) is 0 Å². The summed E-state index contributed by atoms with van der Waals surface area (Å²) in [5.74, 6) is 0. The maximum absolute atomic E-state index is 10.7. The topological polar surface area (TPSA) is 80.4 Å². The summed E-state index contributed by atoms with van der Waals surface area (Å²) in [6, 6.07) is 0. The van der Waals surface area contributed by atoms with Gasteiger partial charge in [-0.2, -0.15) is 8.42 Å². The second kappa shape index (κ2) is 3.34. The van der Waals surface area contributed by atoms with E-state index >= 15 is 0 Å². The van der Waals surface area contributed by atoms with Gasteiger partial charge in [0.05, 0.1) is 0 Å². The largest absolute Gasteiger partial charge is 0.329 e. The second-order valence-corrected chi connectivity index (χ2v) is 4.56. The van der Waals surface area contributed by atoms with Gasteiger partial charge in [-0.3, -0.25) is 4.55 Å². The molecule has 0 heterocycles. The van der Waals surface area contributed by atoms with Gasteiger partial charge in [0, 0.05) is 6.54 Å². The lowest BCUT2D eigenvalue weighted by Gasteiger charge is -2.21. The minimum Gasteiger partial charge on any atom is -0.329 e. The van der Waals surface area contributed by atoms with Gasteiger partial charge in [0.2, 0.25) is 0 Å². The molecule has 0 radical (unpaired) electrons. The molecule has 0 aromatic heterocycles. The van der Waals surface area contributed by atoms with Gasteiger partial charge in [-0.25, -0.2) is 0 Å². The Labute approximate surface area is 66.8 Å². The van der Waals surface area contributed by atoms with Crippen LogP contribution in [0.15, 0.2) is 12.7 Å². The number of rotatable bonds is 4. The van der Waals surface area contributed by atoms with Crippen molar-refractivity contribution in [2.24, 2.45) is 5.73 Å². The van der Waals surface area contributed by atoms with Gasteiger partial charge < -0.3 is 5.73 Å². The Morgan fingerprint density at radius 2 is 2.18 bits per heavy atom. The molecule has 0 saturated carbocycles. The molecule has 5 heteroatoms. The van der Waals surface area contributed by atoms with Gasteiger partial charge in [-0.1, -0.05) is 6.08 Å². The fraction of sp³-hybridized carbons (Fsp3) is 0.667. The average molecular weight is 179 g/mol. The summed E-state index contributed by atoms with van der Waals surface area (Å²) >= 11 is 0. The highest BCUT2D eigenvalue weighted by Crippen LogP contribution is 2.18. The molecule has 0 aliphatic rings. The van der Waals surface area contributed by atoms with Crippen LogP contribution in [0.2, 0.25) is 0 Å². The Morgan fingerprint density at radius 3 is 2.27 bits per heavy atom. The van der Waals surface area contributed by atoms with Crippen LogP contribution in [0.5, 0.6) is 0 Å². The lowest BCUT2D eigenvalue weighted by Crippen LogP contribution is -2.41. The molecular formula is C6H13NO3S. The lowest BCUT2D eigenvalue weighted by atomic mass is 10.1. The maximum Gasteiger partial charge on any atom is 0.271 e. The second-order valence-electron chi connectivity index (χ2n) is 2.62. The highest BCUT2D eigenvalue weighted by atomic mass is 32.2. The van der Waals surface area contributed by atoms with Crippen molar-refractivity contribution in [3.8, 4) is 0 Å². The molecule has 0 aromatic rings. The van der Waals surface area contributed by atoms with Gasteiger partial charge >= 0.3 is 0 Å². The van der Waals surface area contributed by atoms with E-state index in [9.17, 15) is 8.42 Å². The van der Waals surface area contributed by atoms with Crippen LogP contribution >= 0.6 is 0 Å². The Balaban J connectivity index is 4.75. The van der Waals surface area contributed by atoms with Crippen LogP contribution < -0.4 is 5.73 Å². The molecule has 0 aliphatic carbocycles. The van der Waals surface area contributed by atoms with E-state index in [4.69, 9.17) is 10.3 Å². The third kappa shape index (κ3) is 2.28. The molecule has 0 aromatic carbocycles. The number of hydrogen-bond donors (Lipinski definition) is 2. The SMILES string of the molecule is C=CCC(C)(CN)S(=O)(=O)O. The van der Waals surface area contributed by atoms with Crippen LogP contribution in [0.4, 0.5) is 0 Å². The zero-order valence-electron chi connectivity index (χ0n) is 6.45. The smallest absolute Gasteiger partial charge is 0.271 e.